The van der Waals surface area contributed by atoms with Gasteiger partial charge in [-0.25, -0.2) is 14.1 Å². The summed E-state index contributed by atoms with van der Waals surface area (Å²) in [6.45, 7) is 14.2. The quantitative estimate of drug-likeness (QED) is 0.156. The minimum absolute atomic E-state index is 0.0931. The Bertz CT molecular complexity index is 1060. The lowest BCUT2D eigenvalue weighted by Crippen LogP contribution is -2.47. The van der Waals surface area contributed by atoms with Crippen molar-refractivity contribution in [3.8, 4) is 0 Å². The van der Waals surface area contributed by atoms with Crippen LogP contribution in [0, 0.1) is 11.7 Å². The predicted molar refractivity (Wildman–Crippen MR) is 146 cm³/mol. The molecule has 2 aliphatic rings. The van der Waals surface area contributed by atoms with E-state index in [-0.39, 0.29) is 17.8 Å². The predicted octanol–water partition coefficient (Wildman–Crippen LogP) is 6.39. The van der Waals surface area contributed by atoms with Gasteiger partial charge in [-0.05, 0) is 58.4 Å². The Morgan fingerprint density at radius 3 is 2.56 bits per heavy atom. The van der Waals surface area contributed by atoms with Gasteiger partial charge >= 0.3 is 12.1 Å². The molecule has 1 saturated carbocycles. The molecule has 1 heterocycles. The molecule has 1 unspecified atom stereocenters. The van der Waals surface area contributed by atoms with Crippen molar-refractivity contribution in [1.82, 2.24) is 4.90 Å². The lowest BCUT2D eigenvalue weighted by molar-refractivity contribution is -0.141. The summed E-state index contributed by atoms with van der Waals surface area (Å²) in [5.41, 5.74) is -1.52. The number of rotatable bonds is 7. The molecule has 3 rings (SSSR count). The topological polar surface area (TPSA) is 77.4 Å². The highest BCUT2D eigenvalue weighted by atomic mass is 79.9. The number of esters is 1. The van der Waals surface area contributed by atoms with Gasteiger partial charge in [0.2, 0.25) is 0 Å². The van der Waals surface area contributed by atoms with Crippen molar-refractivity contribution in [2.45, 2.75) is 75.7 Å². The fraction of sp³-hybridized carbons (Fsp3) is 0.640. The molecule has 11 heteroatoms. The normalized spacial score (nSPS) is 25.5. The Hall–Kier alpha value is -1.43. The SMILES string of the molecule is COC(=O)[C@]12CC1[C@@](C)(c1cc(Br)ccc1F)N=C(N(COCC[Si](C)(C)C)C(=O)OC(C)(C)C)S2. The summed E-state index contributed by atoms with van der Waals surface area (Å²) in [6.07, 6.45) is -0.198. The summed E-state index contributed by atoms with van der Waals surface area (Å²) in [5.74, 6) is -1.16. The van der Waals surface area contributed by atoms with Crippen LogP contribution in [0.2, 0.25) is 25.7 Å². The third kappa shape index (κ3) is 6.34. The van der Waals surface area contributed by atoms with Gasteiger partial charge in [-0.2, -0.15) is 0 Å². The Morgan fingerprint density at radius 2 is 1.97 bits per heavy atom. The number of fused-ring (bicyclic) bond motifs is 1. The summed E-state index contributed by atoms with van der Waals surface area (Å²) in [6, 6.07) is 5.58. The molecule has 0 saturated heterocycles. The van der Waals surface area contributed by atoms with Crippen LogP contribution in [0.1, 0.15) is 39.7 Å². The molecule has 200 valence electrons. The summed E-state index contributed by atoms with van der Waals surface area (Å²) < 4.78 is 31.6. The molecule has 36 heavy (non-hydrogen) atoms. The molecule has 0 N–H and O–H groups in total. The van der Waals surface area contributed by atoms with E-state index >= 15 is 4.39 Å². The van der Waals surface area contributed by atoms with Crippen LogP contribution in [0.5, 0.6) is 0 Å². The van der Waals surface area contributed by atoms with Gasteiger partial charge in [-0.3, -0.25) is 9.79 Å². The van der Waals surface area contributed by atoms with Crippen LogP contribution in [-0.2, 0) is 24.5 Å². The zero-order valence-corrected chi connectivity index (χ0v) is 25.6. The van der Waals surface area contributed by atoms with Crippen LogP contribution >= 0.6 is 27.7 Å². The third-order valence-corrected chi connectivity index (χ3v) is 9.93. The van der Waals surface area contributed by atoms with Crippen molar-refractivity contribution in [3.05, 3.63) is 34.1 Å². The molecule has 0 aromatic heterocycles. The number of amides is 1. The highest BCUT2D eigenvalue weighted by Gasteiger charge is 2.72. The van der Waals surface area contributed by atoms with Gasteiger partial charge in [0.1, 0.15) is 22.9 Å². The van der Waals surface area contributed by atoms with Gasteiger partial charge < -0.3 is 14.2 Å². The van der Waals surface area contributed by atoms with Gasteiger partial charge in [0.25, 0.3) is 0 Å². The first kappa shape index (κ1) is 29.1. The number of halogens is 2. The highest BCUT2D eigenvalue weighted by Crippen LogP contribution is 2.67. The van der Waals surface area contributed by atoms with Crippen molar-refractivity contribution in [2.24, 2.45) is 10.9 Å². The first-order valence-corrected chi connectivity index (χ1v) is 17.3. The number of benzene rings is 1. The molecule has 1 aliphatic carbocycles. The van der Waals surface area contributed by atoms with E-state index in [0.717, 1.165) is 6.04 Å². The lowest BCUT2D eigenvalue weighted by atomic mass is 9.85. The van der Waals surface area contributed by atoms with Crippen LogP contribution in [0.25, 0.3) is 0 Å². The van der Waals surface area contributed by atoms with Crippen molar-refractivity contribution >= 4 is 53.0 Å². The molecule has 1 aromatic rings. The average molecular weight is 604 g/mol. The Kier molecular flexibility index (Phi) is 8.40. The maximum atomic E-state index is 15.1. The first-order valence-electron chi connectivity index (χ1n) is 11.9. The van der Waals surface area contributed by atoms with Gasteiger partial charge in [0.15, 0.2) is 5.17 Å². The Morgan fingerprint density at radius 1 is 1.31 bits per heavy atom. The lowest BCUT2D eigenvalue weighted by Gasteiger charge is -2.37. The van der Waals surface area contributed by atoms with Crippen molar-refractivity contribution in [3.63, 3.8) is 0 Å². The van der Waals surface area contributed by atoms with Crippen LogP contribution in [0.4, 0.5) is 9.18 Å². The maximum absolute atomic E-state index is 15.1. The number of ether oxygens (including phenoxy) is 3. The van der Waals surface area contributed by atoms with E-state index in [0.29, 0.717) is 23.1 Å². The molecule has 1 fully saturated rings. The Labute approximate surface area is 226 Å². The molecular weight excluding hydrogens is 567 g/mol. The number of nitrogens with zero attached hydrogens (tertiary/aromatic N) is 2. The molecule has 0 bridgehead atoms. The number of hydrogen-bond acceptors (Lipinski definition) is 7. The van der Waals surface area contributed by atoms with Crippen molar-refractivity contribution < 1.29 is 28.2 Å². The van der Waals surface area contributed by atoms with E-state index in [2.05, 4.69) is 35.6 Å². The standard InChI is InChI=1S/C25H36BrFN2O5SSi/c1-23(2,3)34-22(31)29(15-33-11-12-36(6,7)8)21-28-24(4,17-13-16(26)9-10-18(17)27)19-14-25(19,35-21)20(30)32-5/h9-10,13,19H,11-12,14-15H2,1-8H3/t19?,24-,25+/m1/s1. The summed E-state index contributed by atoms with van der Waals surface area (Å²) in [4.78, 5) is 32.5. The molecule has 0 spiro atoms. The molecule has 1 aromatic carbocycles. The van der Waals surface area contributed by atoms with E-state index in [1.54, 1.807) is 39.8 Å². The largest absolute Gasteiger partial charge is 0.468 e. The second-order valence-corrected chi connectivity index (χ2v) is 19.5. The van der Waals surface area contributed by atoms with Crippen LogP contribution < -0.4 is 0 Å². The summed E-state index contributed by atoms with van der Waals surface area (Å²) in [5, 5.41) is 0.248. The smallest absolute Gasteiger partial charge is 0.418 e. The number of thioether (sulfide) groups is 1. The second-order valence-electron chi connectivity index (χ2n) is 11.7. The number of hydrogen-bond donors (Lipinski definition) is 0. The van der Waals surface area contributed by atoms with Crippen LogP contribution in [-0.4, -0.2) is 61.0 Å². The Balaban J connectivity index is 2.05. The highest BCUT2D eigenvalue weighted by molar-refractivity contribution is 9.10. The molecule has 1 amide bonds. The van der Waals surface area contributed by atoms with Crippen molar-refractivity contribution in [1.29, 1.82) is 0 Å². The molecule has 0 radical (unpaired) electrons. The molecule has 7 nitrogen and oxygen atoms in total. The van der Waals surface area contributed by atoms with Crippen LogP contribution in [0.3, 0.4) is 0 Å². The number of carbonyl (C=O) groups excluding carboxylic acids is 2. The number of carbonyl (C=O) groups is 2. The molecular formula is C25H36BrFN2O5SSi. The third-order valence-electron chi connectivity index (χ3n) is 6.26. The number of methoxy groups -OCH3 is 1. The number of amidine groups is 1. The average Bonchev–Trinajstić information content (AvgIpc) is 3.49. The first-order chi connectivity index (χ1) is 16.5. The van der Waals surface area contributed by atoms with Crippen molar-refractivity contribution in [2.75, 3.05) is 20.4 Å². The fourth-order valence-corrected chi connectivity index (χ4v) is 6.90. The zero-order valence-electron chi connectivity index (χ0n) is 22.2. The fourth-order valence-electron chi connectivity index (χ4n) is 4.20. The van der Waals surface area contributed by atoms with Gasteiger partial charge in [-0.1, -0.05) is 47.3 Å². The minimum Gasteiger partial charge on any atom is -0.468 e. The number of aliphatic imine (C=N–C) groups is 1. The summed E-state index contributed by atoms with van der Waals surface area (Å²) >= 11 is 4.59. The minimum atomic E-state index is -1.35. The maximum Gasteiger partial charge on any atom is 0.418 e. The summed E-state index contributed by atoms with van der Waals surface area (Å²) in [7, 11) is -0.0177. The van der Waals surface area contributed by atoms with E-state index in [9.17, 15) is 9.59 Å². The van der Waals surface area contributed by atoms with Crippen LogP contribution in [0.15, 0.2) is 27.7 Å². The van der Waals surface area contributed by atoms with E-state index < -0.39 is 41.8 Å². The van der Waals surface area contributed by atoms with E-state index in [1.165, 1.54) is 29.8 Å². The second kappa shape index (κ2) is 10.4. The van der Waals surface area contributed by atoms with E-state index in [4.69, 9.17) is 19.2 Å². The molecule has 1 aliphatic heterocycles. The van der Waals surface area contributed by atoms with Gasteiger partial charge in [0.05, 0.1) is 12.6 Å². The van der Waals surface area contributed by atoms with Gasteiger partial charge in [-0.15, -0.1) is 0 Å². The monoisotopic (exact) mass is 602 g/mol. The van der Waals surface area contributed by atoms with Gasteiger partial charge in [0, 0.05) is 30.6 Å². The molecule has 3 atom stereocenters. The van der Waals surface area contributed by atoms with E-state index in [1.807, 2.05) is 0 Å². The zero-order chi connectivity index (χ0) is 27.1.